The fraction of sp³-hybridized carbons (Fsp3) is 0.462. The van der Waals surface area contributed by atoms with Gasteiger partial charge in [0.05, 0.1) is 9.21 Å². The lowest BCUT2D eigenvalue weighted by atomic mass is 10.1. The smallest absolute Gasteiger partial charge is 0.220 e. The van der Waals surface area contributed by atoms with E-state index in [1.807, 2.05) is 0 Å². The molecule has 1 atom stereocenters. The Kier molecular flexibility index (Phi) is 5.14. The van der Waals surface area contributed by atoms with E-state index in [1.165, 1.54) is 11.3 Å². The van der Waals surface area contributed by atoms with Crippen LogP contribution in [-0.4, -0.2) is 30.2 Å². The summed E-state index contributed by atoms with van der Waals surface area (Å²) in [5.74, 6) is -0.226. The predicted octanol–water partition coefficient (Wildman–Crippen LogP) is 1.76. The van der Waals surface area contributed by atoms with Crippen molar-refractivity contribution in [3.63, 3.8) is 0 Å². The second-order valence-corrected chi connectivity index (χ2v) is 6.35. The standard InChI is InChI=1S/C13H15ClN2O3S/c14-11-4-3-10(20-11)9(17)2-6-13(19)16-8-1-5-12(18)15-7-8/h3-4,8H,1-2,5-7H2,(H,15,18)(H,16,19)/t8-/m0/s1. The normalized spacial score (nSPS) is 18.4. The van der Waals surface area contributed by atoms with Crippen molar-refractivity contribution in [2.45, 2.75) is 31.7 Å². The van der Waals surface area contributed by atoms with Gasteiger partial charge in [-0.2, -0.15) is 0 Å². The van der Waals surface area contributed by atoms with Crippen LogP contribution in [0, 0.1) is 0 Å². The number of piperidine rings is 1. The highest BCUT2D eigenvalue weighted by molar-refractivity contribution is 7.18. The lowest BCUT2D eigenvalue weighted by molar-refractivity contribution is -0.125. The first-order valence-electron chi connectivity index (χ1n) is 6.39. The molecular formula is C13H15ClN2O3S. The molecule has 0 saturated carbocycles. The molecule has 1 saturated heterocycles. The molecule has 0 aromatic carbocycles. The van der Waals surface area contributed by atoms with Crippen LogP contribution in [0.4, 0.5) is 0 Å². The lowest BCUT2D eigenvalue weighted by Gasteiger charge is -2.23. The summed E-state index contributed by atoms with van der Waals surface area (Å²) in [4.78, 5) is 35.1. The summed E-state index contributed by atoms with van der Waals surface area (Å²) in [5.41, 5.74) is 0. The van der Waals surface area contributed by atoms with Crippen LogP contribution < -0.4 is 10.6 Å². The minimum absolute atomic E-state index is 0.0141. The van der Waals surface area contributed by atoms with Crippen molar-refractivity contribution >= 4 is 40.5 Å². The highest BCUT2D eigenvalue weighted by Gasteiger charge is 2.20. The van der Waals surface area contributed by atoms with Crippen LogP contribution in [0.25, 0.3) is 0 Å². The van der Waals surface area contributed by atoms with Gasteiger partial charge in [0, 0.05) is 31.8 Å². The zero-order chi connectivity index (χ0) is 14.5. The number of nitrogens with one attached hydrogen (secondary N) is 2. The second kappa shape index (κ2) is 6.85. The summed E-state index contributed by atoms with van der Waals surface area (Å²) in [5, 5.41) is 5.52. The van der Waals surface area contributed by atoms with E-state index in [-0.39, 0.29) is 36.5 Å². The third kappa shape index (κ3) is 4.31. The zero-order valence-electron chi connectivity index (χ0n) is 10.8. The average Bonchev–Trinajstić information content (AvgIpc) is 2.85. The van der Waals surface area contributed by atoms with Crippen molar-refractivity contribution in [1.82, 2.24) is 10.6 Å². The van der Waals surface area contributed by atoms with Gasteiger partial charge in [0.2, 0.25) is 11.8 Å². The molecule has 0 spiro atoms. The molecule has 108 valence electrons. The van der Waals surface area contributed by atoms with E-state index in [9.17, 15) is 14.4 Å². The fourth-order valence-corrected chi connectivity index (χ4v) is 2.98. The van der Waals surface area contributed by atoms with Gasteiger partial charge >= 0.3 is 0 Å². The SMILES string of the molecule is O=C1CC[C@H](NC(=O)CCC(=O)c2ccc(Cl)s2)CN1. The van der Waals surface area contributed by atoms with Gasteiger partial charge in [-0.15, -0.1) is 11.3 Å². The third-order valence-corrected chi connectivity index (χ3v) is 4.33. The summed E-state index contributed by atoms with van der Waals surface area (Å²) >= 11 is 6.98. The molecule has 0 radical (unpaired) electrons. The van der Waals surface area contributed by atoms with Crippen molar-refractivity contribution in [2.75, 3.05) is 6.54 Å². The molecule has 1 aliphatic heterocycles. The first-order valence-corrected chi connectivity index (χ1v) is 7.58. The van der Waals surface area contributed by atoms with Crippen molar-refractivity contribution in [1.29, 1.82) is 0 Å². The monoisotopic (exact) mass is 314 g/mol. The molecule has 0 bridgehead atoms. The van der Waals surface area contributed by atoms with Gasteiger partial charge in [-0.05, 0) is 18.6 Å². The van der Waals surface area contributed by atoms with Gasteiger partial charge in [0.1, 0.15) is 0 Å². The number of hydrogen-bond donors (Lipinski definition) is 2. The van der Waals surface area contributed by atoms with E-state index in [0.29, 0.717) is 28.6 Å². The number of rotatable bonds is 5. The van der Waals surface area contributed by atoms with E-state index in [0.717, 1.165) is 0 Å². The molecule has 20 heavy (non-hydrogen) atoms. The zero-order valence-corrected chi connectivity index (χ0v) is 12.4. The largest absolute Gasteiger partial charge is 0.354 e. The summed E-state index contributed by atoms with van der Waals surface area (Å²) in [7, 11) is 0. The quantitative estimate of drug-likeness (QED) is 0.813. The van der Waals surface area contributed by atoms with Crippen LogP contribution >= 0.6 is 22.9 Å². The minimum atomic E-state index is -0.165. The van der Waals surface area contributed by atoms with Crippen molar-refractivity contribution < 1.29 is 14.4 Å². The van der Waals surface area contributed by atoms with Gasteiger partial charge in [-0.25, -0.2) is 0 Å². The van der Waals surface area contributed by atoms with Crippen molar-refractivity contribution in [2.24, 2.45) is 0 Å². The Morgan fingerprint density at radius 1 is 1.40 bits per heavy atom. The van der Waals surface area contributed by atoms with Crippen LogP contribution in [0.5, 0.6) is 0 Å². The van der Waals surface area contributed by atoms with Crippen LogP contribution in [0.3, 0.4) is 0 Å². The first kappa shape index (κ1) is 15.0. The van der Waals surface area contributed by atoms with E-state index >= 15 is 0 Å². The highest BCUT2D eigenvalue weighted by Crippen LogP contribution is 2.22. The van der Waals surface area contributed by atoms with Gasteiger partial charge in [0.25, 0.3) is 0 Å². The van der Waals surface area contributed by atoms with Crippen molar-refractivity contribution in [3.05, 3.63) is 21.3 Å². The minimum Gasteiger partial charge on any atom is -0.354 e. The molecule has 2 amide bonds. The maximum atomic E-state index is 11.8. The number of hydrogen-bond acceptors (Lipinski definition) is 4. The molecule has 1 aromatic rings. The van der Waals surface area contributed by atoms with Crippen LogP contribution in [-0.2, 0) is 9.59 Å². The number of Topliss-reactive ketones (excluding diaryl/α,β-unsaturated/α-hetero) is 1. The average molecular weight is 315 g/mol. The van der Waals surface area contributed by atoms with E-state index in [2.05, 4.69) is 10.6 Å². The van der Waals surface area contributed by atoms with Crippen molar-refractivity contribution in [3.8, 4) is 0 Å². The Labute approximate surface area is 125 Å². The molecule has 0 unspecified atom stereocenters. The van der Waals surface area contributed by atoms with Gasteiger partial charge in [-0.3, -0.25) is 14.4 Å². The molecule has 1 aromatic heterocycles. The van der Waals surface area contributed by atoms with Gasteiger partial charge < -0.3 is 10.6 Å². The van der Waals surface area contributed by atoms with E-state index < -0.39 is 0 Å². The first-order chi connectivity index (χ1) is 9.54. The number of halogens is 1. The van der Waals surface area contributed by atoms with Gasteiger partial charge in [-0.1, -0.05) is 11.6 Å². The summed E-state index contributed by atoms with van der Waals surface area (Å²) < 4.78 is 0.566. The predicted molar refractivity (Wildman–Crippen MR) is 77.1 cm³/mol. The molecule has 5 nitrogen and oxygen atoms in total. The van der Waals surface area contributed by atoms with Crippen LogP contribution in [0.15, 0.2) is 12.1 Å². The lowest BCUT2D eigenvalue weighted by Crippen LogP contribution is -2.47. The molecule has 2 rings (SSSR count). The number of carbonyl (C=O) groups is 3. The Morgan fingerprint density at radius 2 is 2.20 bits per heavy atom. The molecule has 2 heterocycles. The summed E-state index contributed by atoms with van der Waals surface area (Å²) in [6.07, 6.45) is 1.39. The topological polar surface area (TPSA) is 75.3 Å². The third-order valence-electron chi connectivity index (χ3n) is 3.06. The number of carbonyl (C=O) groups excluding carboxylic acids is 3. The maximum absolute atomic E-state index is 11.8. The Bertz CT molecular complexity index is 519. The molecule has 1 fully saturated rings. The number of ketones is 1. The Balaban J connectivity index is 1.72. The molecular weight excluding hydrogens is 300 g/mol. The van der Waals surface area contributed by atoms with Crippen LogP contribution in [0.1, 0.15) is 35.4 Å². The summed E-state index contributed by atoms with van der Waals surface area (Å²) in [6, 6.07) is 3.31. The number of thiophene rings is 1. The van der Waals surface area contributed by atoms with Crippen LogP contribution in [0.2, 0.25) is 4.34 Å². The second-order valence-electron chi connectivity index (χ2n) is 4.63. The maximum Gasteiger partial charge on any atom is 0.220 e. The van der Waals surface area contributed by atoms with E-state index in [4.69, 9.17) is 11.6 Å². The molecule has 2 N–H and O–H groups in total. The van der Waals surface area contributed by atoms with E-state index in [1.54, 1.807) is 12.1 Å². The molecule has 0 aliphatic carbocycles. The Hall–Kier alpha value is -1.40. The fourth-order valence-electron chi connectivity index (χ4n) is 1.97. The van der Waals surface area contributed by atoms with Gasteiger partial charge in [0.15, 0.2) is 5.78 Å². The highest BCUT2D eigenvalue weighted by atomic mass is 35.5. The Morgan fingerprint density at radius 3 is 2.80 bits per heavy atom. The number of amides is 2. The molecule has 7 heteroatoms. The molecule has 1 aliphatic rings. The summed E-state index contributed by atoms with van der Waals surface area (Å²) in [6.45, 7) is 0.457.